The van der Waals surface area contributed by atoms with Gasteiger partial charge in [-0.15, -0.1) is 0 Å². The van der Waals surface area contributed by atoms with Crippen LogP contribution in [0.5, 0.6) is 0 Å². The summed E-state index contributed by atoms with van der Waals surface area (Å²) in [6.45, 7) is 2.11. The highest BCUT2D eigenvalue weighted by molar-refractivity contribution is 6.31. The van der Waals surface area contributed by atoms with Gasteiger partial charge in [-0.25, -0.2) is 4.79 Å². The Morgan fingerprint density at radius 1 is 1.03 bits per heavy atom. The van der Waals surface area contributed by atoms with Crippen LogP contribution in [0.15, 0.2) is 90.1 Å². The van der Waals surface area contributed by atoms with Crippen LogP contribution >= 0.6 is 11.6 Å². The van der Waals surface area contributed by atoms with Crippen molar-refractivity contribution in [1.29, 1.82) is 0 Å². The Morgan fingerprint density at radius 3 is 2.41 bits per heavy atom. The second kappa shape index (κ2) is 10.1. The number of benzene rings is 3. The topological polar surface area (TPSA) is 81.8 Å². The highest BCUT2D eigenvalue weighted by atomic mass is 35.5. The van der Waals surface area contributed by atoms with Crippen LogP contribution in [0.25, 0.3) is 0 Å². The molecular formula is C29H27ClN4O3. The maximum absolute atomic E-state index is 14.0. The van der Waals surface area contributed by atoms with Crippen LogP contribution in [0.1, 0.15) is 22.7 Å². The fourth-order valence-corrected chi connectivity index (χ4v) is 5.07. The first-order valence-electron chi connectivity index (χ1n) is 12.1. The third kappa shape index (κ3) is 4.82. The first kappa shape index (κ1) is 24.6. The molecule has 0 radical (unpaired) electrons. The minimum Gasteiger partial charge on any atom is -0.326 e. The normalized spacial score (nSPS) is 18.0. The van der Waals surface area contributed by atoms with Crippen molar-refractivity contribution < 1.29 is 14.4 Å². The third-order valence-corrected chi connectivity index (χ3v) is 7.22. The predicted octanol–water partition coefficient (Wildman–Crippen LogP) is 4.69. The summed E-state index contributed by atoms with van der Waals surface area (Å²) in [4.78, 5) is 43.5. The van der Waals surface area contributed by atoms with Crippen LogP contribution in [-0.2, 0) is 16.0 Å². The number of hydrogen-bond donors (Lipinski definition) is 2. The van der Waals surface area contributed by atoms with E-state index in [0.29, 0.717) is 34.0 Å². The van der Waals surface area contributed by atoms with Crippen LogP contribution < -0.4 is 10.6 Å². The molecule has 4 amide bonds. The Kier molecular flexibility index (Phi) is 6.72. The lowest BCUT2D eigenvalue weighted by Crippen LogP contribution is -2.47. The number of urea groups is 1. The Labute approximate surface area is 220 Å². The molecule has 2 heterocycles. The lowest BCUT2D eigenvalue weighted by molar-refractivity contribution is -0.134. The van der Waals surface area contributed by atoms with Gasteiger partial charge in [0.15, 0.2) is 0 Å². The molecule has 2 aliphatic rings. The minimum absolute atomic E-state index is 0.137. The number of amides is 4. The fraction of sp³-hybridized carbons (Fsp3) is 0.207. The number of nitrogens with zero attached hydrogens (tertiary/aromatic N) is 2. The average Bonchev–Trinajstić information content (AvgIpc) is 3.24. The molecular weight excluding hydrogens is 488 g/mol. The Morgan fingerprint density at radius 2 is 1.70 bits per heavy atom. The van der Waals surface area contributed by atoms with Gasteiger partial charge in [0.2, 0.25) is 5.91 Å². The molecule has 37 heavy (non-hydrogen) atoms. The van der Waals surface area contributed by atoms with Crippen LogP contribution in [0, 0.1) is 6.92 Å². The number of rotatable bonds is 6. The zero-order chi connectivity index (χ0) is 26.1. The molecule has 0 fully saturated rings. The van der Waals surface area contributed by atoms with Gasteiger partial charge >= 0.3 is 6.03 Å². The predicted molar refractivity (Wildman–Crippen MR) is 143 cm³/mol. The zero-order valence-corrected chi connectivity index (χ0v) is 21.3. The molecule has 0 saturated carbocycles. The summed E-state index contributed by atoms with van der Waals surface area (Å²) in [5, 5.41) is 6.33. The van der Waals surface area contributed by atoms with Gasteiger partial charge in [0.25, 0.3) is 5.91 Å². The van der Waals surface area contributed by atoms with Crippen LogP contribution in [0.2, 0.25) is 5.02 Å². The smallest absolute Gasteiger partial charge is 0.322 e. The van der Waals surface area contributed by atoms with E-state index in [1.165, 1.54) is 4.90 Å². The average molecular weight is 515 g/mol. The highest BCUT2D eigenvalue weighted by Gasteiger charge is 2.46. The van der Waals surface area contributed by atoms with E-state index in [2.05, 4.69) is 10.6 Å². The summed E-state index contributed by atoms with van der Waals surface area (Å²) >= 11 is 6.46. The van der Waals surface area contributed by atoms with Crippen LogP contribution in [-0.4, -0.2) is 47.3 Å². The van der Waals surface area contributed by atoms with E-state index in [4.69, 9.17) is 11.6 Å². The SMILES string of the molecule is Cc1ccc(NC(=O)C(Cc2ccccc2)N2CC3=C(C2=O)C(c2ccccc2Cl)NC(=O)N3C)cc1. The standard InChI is InChI=1S/C29H27ClN4O3/c1-18-12-14-20(15-13-18)31-27(35)23(16-19-8-4-3-5-9-19)34-17-24-25(28(34)36)26(32-29(37)33(24)2)21-10-6-7-11-22(21)30/h3-15,23,26H,16-17H2,1-2H3,(H,31,35)(H,32,37). The number of nitrogens with one attached hydrogen (secondary N) is 2. The molecule has 3 aromatic carbocycles. The molecule has 2 N–H and O–H groups in total. The van der Waals surface area contributed by atoms with Crippen molar-refractivity contribution in [3.05, 3.63) is 112 Å². The van der Waals surface area contributed by atoms with E-state index in [-0.39, 0.29) is 24.4 Å². The summed E-state index contributed by atoms with van der Waals surface area (Å²) in [7, 11) is 1.63. The van der Waals surface area contributed by atoms with E-state index in [1.807, 2.05) is 67.6 Å². The molecule has 0 aromatic heterocycles. The van der Waals surface area contributed by atoms with Gasteiger partial charge in [0, 0.05) is 24.2 Å². The number of carbonyl (C=O) groups excluding carboxylic acids is 3. The lowest BCUT2D eigenvalue weighted by Gasteiger charge is -2.31. The van der Waals surface area contributed by atoms with Gasteiger partial charge in [0.05, 0.1) is 23.9 Å². The molecule has 2 unspecified atom stereocenters. The second-order valence-corrected chi connectivity index (χ2v) is 9.72. The maximum Gasteiger partial charge on any atom is 0.322 e. The van der Waals surface area contributed by atoms with E-state index < -0.39 is 12.1 Å². The number of aryl methyl sites for hydroxylation is 1. The van der Waals surface area contributed by atoms with Gasteiger partial charge in [-0.05, 0) is 36.2 Å². The van der Waals surface area contributed by atoms with Crippen molar-refractivity contribution in [2.75, 3.05) is 18.9 Å². The number of anilines is 1. The minimum atomic E-state index is -0.794. The fourth-order valence-electron chi connectivity index (χ4n) is 4.83. The number of likely N-dealkylation sites (N-methyl/N-ethyl adjacent to an activating group) is 1. The zero-order valence-electron chi connectivity index (χ0n) is 20.6. The summed E-state index contributed by atoms with van der Waals surface area (Å²) < 4.78 is 0. The van der Waals surface area contributed by atoms with E-state index in [0.717, 1.165) is 11.1 Å². The highest BCUT2D eigenvalue weighted by Crippen LogP contribution is 2.39. The van der Waals surface area contributed by atoms with E-state index >= 15 is 0 Å². The van der Waals surface area contributed by atoms with Gasteiger partial charge in [-0.2, -0.15) is 0 Å². The quantitative estimate of drug-likeness (QED) is 0.500. The van der Waals surface area contributed by atoms with Crippen molar-refractivity contribution in [2.24, 2.45) is 0 Å². The largest absolute Gasteiger partial charge is 0.326 e. The molecule has 2 aliphatic heterocycles. The van der Waals surface area contributed by atoms with Crippen LogP contribution in [0.4, 0.5) is 10.5 Å². The van der Waals surface area contributed by atoms with Crippen molar-refractivity contribution in [3.8, 4) is 0 Å². The summed E-state index contributed by atoms with van der Waals surface area (Å²) in [5.74, 6) is -0.594. The molecule has 0 aliphatic carbocycles. The molecule has 2 atom stereocenters. The maximum atomic E-state index is 14.0. The molecule has 188 valence electrons. The van der Waals surface area contributed by atoms with Gasteiger partial charge in [-0.1, -0.05) is 77.8 Å². The van der Waals surface area contributed by atoms with Crippen molar-refractivity contribution in [3.63, 3.8) is 0 Å². The van der Waals surface area contributed by atoms with Gasteiger partial charge in [-0.3, -0.25) is 14.5 Å². The van der Waals surface area contributed by atoms with Crippen molar-refractivity contribution in [2.45, 2.75) is 25.4 Å². The monoisotopic (exact) mass is 514 g/mol. The van der Waals surface area contributed by atoms with Gasteiger partial charge < -0.3 is 15.5 Å². The molecule has 3 aromatic rings. The Balaban J connectivity index is 1.50. The number of halogens is 1. The first-order valence-corrected chi connectivity index (χ1v) is 12.5. The number of carbonyl (C=O) groups is 3. The lowest BCUT2D eigenvalue weighted by atomic mass is 9.95. The first-order chi connectivity index (χ1) is 17.8. The number of hydrogen-bond acceptors (Lipinski definition) is 3. The van der Waals surface area contributed by atoms with E-state index in [1.54, 1.807) is 30.1 Å². The summed E-state index contributed by atoms with van der Waals surface area (Å²) in [5.41, 5.74) is 4.29. The molecule has 0 bridgehead atoms. The third-order valence-electron chi connectivity index (χ3n) is 6.87. The molecule has 0 saturated heterocycles. The molecule has 7 nitrogen and oxygen atoms in total. The van der Waals surface area contributed by atoms with Crippen molar-refractivity contribution >= 4 is 35.1 Å². The Hall–Kier alpha value is -4.10. The molecule has 8 heteroatoms. The van der Waals surface area contributed by atoms with Gasteiger partial charge in [0.1, 0.15) is 6.04 Å². The van der Waals surface area contributed by atoms with E-state index in [9.17, 15) is 14.4 Å². The molecule has 0 spiro atoms. The second-order valence-electron chi connectivity index (χ2n) is 9.32. The molecule has 5 rings (SSSR count). The Bertz CT molecular complexity index is 1390. The summed E-state index contributed by atoms with van der Waals surface area (Å²) in [6.07, 6.45) is 0.326. The van der Waals surface area contributed by atoms with Crippen molar-refractivity contribution in [1.82, 2.24) is 15.1 Å². The van der Waals surface area contributed by atoms with Crippen LogP contribution in [0.3, 0.4) is 0 Å². The summed E-state index contributed by atoms with van der Waals surface area (Å²) in [6, 6.07) is 22.4.